The Morgan fingerprint density at radius 1 is 1.36 bits per heavy atom. The number of rotatable bonds is 5. The second-order valence-electron chi connectivity index (χ2n) is 2.80. The molecule has 1 aromatic carbocycles. The van der Waals surface area contributed by atoms with Gasteiger partial charge in [-0.05, 0) is 18.6 Å². The maximum atomic E-state index is 5.62. The molecule has 0 fully saturated rings. The van der Waals surface area contributed by atoms with Gasteiger partial charge >= 0.3 is 0 Å². The summed E-state index contributed by atoms with van der Waals surface area (Å²) in [4.78, 5) is 0. The van der Waals surface area contributed by atoms with Crippen LogP contribution >= 0.6 is 11.6 Å². The Balaban J connectivity index is 2.67. The van der Waals surface area contributed by atoms with Crippen molar-refractivity contribution in [2.24, 2.45) is 0 Å². The number of hydrogen-bond acceptors (Lipinski definition) is 3. The first-order valence-electron chi connectivity index (χ1n) is 4.40. The molecule has 0 bridgehead atoms. The fourth-order valence-corrected chi connectivity index (χ4v) is 1.15. The molecule has 1 rings (SSSR count). The molecule has 0 aliphatic rings. The number of nitrogens with two attached hydrogens (primary N) is 1. The van der Waals surface area contributed by atoms with Gasteiger partial charge in [0.15, 0.2) is 11.5 Å². The van der Waals surface area contributed by atoms with Crippen LogP contribution in [0.5, 0.6) is 11.5 Å². The summed E-state index contributed by atoms with van der Waals surface area (Å²) < 4.78 is 10.6. The Hall–Kier alpha value is -1.09. The monoisotopic (exact) mass is 215 g/mol. The second-order valence-corrected chi connectivity index (χ2v) is 3.18. The Labute approximate surface area is 88.8 Å². The molecule has 0 unspecified atom stereocenters. The molecule has 0 spiro atoms. The van der Waals surface area contributed by atoms with E-state index in [0.29, 0.717) is 29.7 Å². The van der Waals surface area contributed by atoms with Crippen LogP contribution in [0.3, 0.4) is 0 Å². The summed E-state index contributed by atoms with van der Waals surface area (Å²) in [5.74, 6) is 1.94. The van der Waals surface area contributed by atoms with Crippen LogP contribution in [0.25, 0.3) is 0 Å². The minimum atomic E-state index is 0.573. The molecule has 0 heterocycles. The summed E-state index contributed by atoms with van der Waals surface area (Å²) in [5, 5.41) is 0. The van der Waals surface area contributed by atoms with Crippen molar-refractivity contribution >= 4 is 17.3 Å². The quantitative estimate of drug-likeness (QED) is 0.466. The molecule has 14 heavy (non-hydrogen) atoms. The topological polar surface area (TPSA) is 44.5 Å². The molecule has 0 aliphatic carbocycles. The summed E-state index contributed by atoms with van der Waals surface area (Å²) in [6.07, 6.45) is 0.805. The summed E-state index contributed by atoms with van der Waals surface area (Å²) in [5.41, 5.74) is 6.28. The maximum absolute atomic E-state index is 5.62. The van der Waals surface area contributed by atoms with Crippen molar-refractivity contribution in [3.63, 3.8) is 0 Å². The largest absolute Gasteiger partial charge is 0.493 e. The van der Waals surface area contributed by atoms with E-state index in [1.165, 1.54) is 0 Å². The third-order valence-corrected chi connectivity index (χ3v) is 1.99. The Morgan fingerprint density at radius 3 is 2.79 bits per heavy atom. The molecule has 78 valence electrons. The van der Waals surface area contributed by atoms with Gasteiger partial charge in [0.25, 0.3) is 0 Å². The molecule has 4 heteroatoms. The predicted molar refractivity (Wildman–Crippen MR) is 58.2 cm³/mol. The molecule has 0 atom stereocenters. The smallest absolute Gasteiger partial charge is 0.163 e. The van der Waals surface area contributed by atoms with Crippen LogP contribution in [0, 0.1) is 0 Å². The molecule has 2 N–H and O–H groups in total. The van der Waals surface area contributed by atoms with Crippen molar-refractivity contribution in [3.8, 4) is 11.5 Å². The van der Waals surface area contributed by atoms with Crippen molar-refractivity contribution in [2.75, 3.05) is 25.3 Å². The van der Waals surface area contributed by atoms with Crippen LogP contribution in [0.15, 0.2) is 18.2 Å². The molecule has 0 saturated carbocycles. The van der Waals surface area contributed by atoms with Gasteiger partial charge in [-0.2, -0.15) is 0 Å². The van der Waals surface area contributed by atoms with Crippen LogP contribution in [0.4, 0.5) is 5.69 Å². The van der Waals surface area contributed by atoms with Crippen LogP contribution in [0.1, 0.15) is 6.42 Å². The molecular formula is C10H14ClNO2. The van der Waals surface area contributed by atoms with E-state index >= 15 is 0 Å². The first-order chi connectivity index (χ1) is 6.77. The highest BCUT2D eigenvalue weighted by molar-refractivity contribution is 6.17. The van der Waals surface area contributed by atoms with Crippen molar-refractivity contribution < 1.29 is 9.47 Å². The van der Waals surface area contributed by atoms with Crippen molar-refractivity contribution in [1.82, 2.24) is 0 Å². The number of hydrogen-bond donors (Lipinski definition) is 1. The lowest BCUT2D eigenvalue weighted by molar-refractivity contribution is 0.295. The zero-order valence-electron chi connectivity index (χ0n) is 8.13. The van der Waals surface area contributed by atoms with Crippen LogP contribution < -0.4 is 15.2 Å². The summed E-state index contributed by atoms with van der Waals surface area (Å²) in [7, 11) is 1.60. The first kappa shape index (κ1) is 11.0. The summed E-state index contributed by atoms with van der Waals surface area (Å²) >= 11 is 5.54. The van der Waals surface area contributed by atoms with Gasteiger partial charge in [-0.25, -0.2) is 0 Å². The fourth-order valence-electron chi connectivity index (χ4n) is 1.04. The van der Waals surface area contributed by atoms with E-state index in [-0.39, 0.29) is 0 Å². The number of methoxy groups -OCH3 is 1. The molecule has 0 aliphatic heterocycles. The van der Waals surface area contributed by atoms with Crippen LogP contribution in [-0.4, -0.2) is 19.6 Å². The number of halogens is 1. The Bertz CT molecular complexity index is 291. The summed E-state index contributed by atoms with van der Waals surface area (Å²) in [6, 6.07) is 5.30. The van der Waals surface area contributed by atoms with Gasteiger partial charge in [-0.15, -0.1) is 11.6 Å². The maximum Gasteiger partial charge on any atom is 0.163 e. The molecular weight excluding hydrogens is 202 g/mol. The SMILES string of the molecule is COc1ccc(N)cc1OCCCCl. The summed E-state index contributed by atoms with van der Waals surface area (Å²) in [6.45, 7) is 0.573. The lowest BCUT2D eigenvalue weighted by Gasteiger charge is -2.10. The van der Waals surface area contributed by atoms with E-state index in [1.54, 1.807) is 25.3 Å². The van der Waals surface area contributed by atoms with E-state index in [2.05, 4.69) is 0 Å². The third kappa shape index (κ3) is 3.00. The van der Waals surface area contributed by atoms with E-state index in [9.17, 15) is 0 Å². The molecule has 0 amide bonds. The van der Waals surface area contributed by atoms with E-state index < -0.39 is 0 Å². The highest BCUT2D eigenvalue weighted by Crippen LogP contribution is 2.28. The van der Waals surface area contributed by atoms with Crippen molar-refractivity contribution in [1.29, 1.82) is 0 Å². The van der Waals surface area contributed by atoms with E-state index in [1.807, 2.05) is 0 Å². The lowest BCUT2D eigenvalue weighted by atomic mass is 10.3. The minimum Gasteiger partial charge on any atom is -0.493 e. The average Bonchev–Trinajstić information content (AvgIpc) is 2.19. The molecule has 0 saturated heterocycles. The molecule has 1 aromatic rings. The zero-order chi connectivity index (χ0) is 10.4. The van der Waals surface area contributed by atoms with Gasteiger partial charge in [0, 0.05) is 17.6 Å². The van der Waals surface area contributed by atoms with E-state index in [0.717, 1.165) is 6.42 Å². The van der Waals surface area contributed by atoms with Gasteiger partial charge in [0.05, 0.1) is 13.7 Å². The highest BCUT2D eigenvalue weighted by Gasteiger charge is 2.03. The number of nitrogen functional groups attached to an aromatic ring is 1. The second kappa shape index (κ2) is 5.60. The average molecular weight is 216 g/mol. The number of alkyl halides is 1. The number of ether oxygens (including phenoxy) is 2. The molecule has 3 nitrogen and oxygen atoms in total. The normalized spacial score (nSPS) is 9.86. The highest BCUT2D eigenvalue weighted by atomic mass is 35.5. The van der Waals surface area contributed by atoms with Gasteiger partial charge < -0.3 is 15.2 Å². The molecule has 0 aromatic heterocycles. The van der Waals surface area contributed by atoms with Crippen molar-refractivity contribution in [3.05, 3.63) is 18.2 Å². The third-order valence-electron chi connectivity index (χ3n) is 1.72. The van der Waals surface area contributed by atoms with Gasteiger partial charge in [-0.1, -0.05) is 0 Å². The zero-order valence-corrected chi connectivity index (χ0v) is 8.88. The fraction of sp³-hybridized carbons (Fsp3) is 0.400. The molecule has 0 radical (unpaired) electrons. The minimum absolute atomic E-state index is 0.573. The van der Waals surface area contributed by atoms with Crippen LogP contribution in [0.2, 0.25) is 0 Å². The van der Waals surface area contributed by atoms with Gasteiger partial charge in [-0.3, -0.25) is 0 Å². The standard InChI is InChI=1S/C10H14ClNO2/c1-13-9-4-3-8(12)7-10(9)14-6-2-5-11/h3-4,7H,2,5-6,12H2,1H3. The Kier molecular flexibility index (Phi) is 4.40. The number of anilines is 1. The number of benzene rings is 1. The van der Waals surface area contributed by atoms with Gasteiger partial charge in [0.2, 0.25) is 0 Å². The first-order valence-corrected chi connectivity index (χ1v) is 4.93. The van der Waals surface area contributed by atoms with Crippen molar-refractivity contribution in [2.45, 2.75) is 6.42 Å². The van der Waals surface area contributed by atoms with Crippen LogP contribution in [-0.2, 0) is 0 Å². The van der Waals surface area contributed by atoms with E-state index in [4.69, 9.17) is 26.8 Å². The predicted octanol–water partition coefficient (Wildman–Crippen LogP) is 2.29. The lowest BCUT2D eigenvalue weighted by Crippen LogP contribution is -2.00. The Morgan fingerprint density at radius 2 is 2.14 bits per heavy atom. The van der Waals surface area contributed by atoms with Gasteiger partial charge in [0.1, 0.15) is 0 Å².